The summed E-state index contributed by atoms with van der Waals surface area (Å²) < 4.78 is 45.0. The zero-order chi connectivity index (χ0) is 26.3. The molecule has 0 bridgehead atoms. The summed E-state index contributed by atoms with van der Waals surface area (Å²) in [6.45, 7) is 1.64. The first kappa shape index (κ1) is 25.1. The van der Waals surface area contributed by atoms with E-state index in [0.29, 0.717) is 17.9 Å². The molecule has 2 amide bonds. The van der Waals surface area contributed by atoms with Gasteiger partial charge in [0.15, 0.2) is 0 Å². The van der Waals surface area contributed by atoms with E-state index in [-0.39, 0.29) is 18.5 Å². The molecule has 1 unspecified atom stereocenters. The van der Waals surface area contributed by atoms with E-state index in [2.05, 4.69) is 0 Å². The van der Waals surface area contributed by atoms with Gasteiger partial charge >= 0.3 is 6.18 Å². The van der Waals surface area contributed by atoms with Crippen molar-refractivity contribution in [1.29, 1.82) is 0 Å². The normalized spacial score (nSPS) is 17.8. The molecule has 8 nitrogen and oxygen atoms in total. The lowest BCUT2D eigenvalue weighted by Gasteiger charge is -2.24. The molecule has 0 saturated carbocycles. The standard InChI is InChI=1S/C26H28F3N5O3/c1-16-20-9-8-18(11-22(20)34(31-16)19-6-4-10-37-14-19)32(2)21-7-3-5-17-12-33(25(36)24(17)21)13-23(35)30-15-26(27,28)29/h3,5,7-9,11,19H,4,6,10,12-15H2,1-2H3,(H,30,35). The molecule has 0 aliphatic carbocycles. The Hall–Kier alpha value is -3.60. The first-order valence-electron chi connectivity index (χ1n) is 12.2. The van der Waals surface area contributed by atoms with Gasteiger partial charge in [-0.1, -0.05) is 12.1 Å². The molecule has 1 saturated heterocycles. The van der Waals surface area contributed by atoms with Gasteiger partial charge in [-0.2, -0.15) is 18.3 Å². The number of nitrogens with zero attached hydrogens (tertiary/aromatic N) is 4. The van der Waals surface area contributed by atoms with Gasteiger partial charge < -0.3 is 19.9 Å². The maximum Gasteiger partial charge on any atom is 0.405 e. The SMILES string of the molecule is Cc1nn(C2CCCOC2)c2cc(N(C)c3cccc4c3C(=O)N(CC(=O)NCC(F)(F)F)C4)ccc12. The molecule has 196 valence electrons. The van der Waals surface area contributed by atoms with E-state index >= 15 is 0 Å². The Morgan fingerprint density at radius 3 is 2.81 bits per heavy atom. The maximum absolute atomic E-state index is 13.2. The number of aromatic nitrogens is 2. The molecule has 0 spiro atoms. The van der Waals surface area contributed by atoms with Crippen LogP contribution in [0.25, 0.3) is 10.9 Å². The molecular weight excluding hydrogens is 487 g/mol. The molecule has 1 aromatic heterocycles. The lowest BCUT2D eigenvalue weighted by Crippen LogP contribution is -2.41. The van der Waals surface area contributed by atoms with Gasteiger partial charge in [-0.3, -0.25) is 14.3 Å². The summed E-state index contributed by atoms with van der Waals surface area (Å²) >= 11 is 0. The molecule has 2 aromatic carbocycles. The molecule has 2 aliphatic heterocycles. The zero-order valence-corrected chi connectivity index (χ0v) is 20.6. The first-order chi connectivity index (χ1) is 17.6. The lowest BCUT2D eigenvalue weighted by atomic mass is 10.1. The second-order valence-corrected chi connectivity index (χ2v) is 9.53. The number of benzene rings is 2. The molecule has 3 heterocycles. The largest absolute Gasteiger partial charge is 0.405 e. The van der Waals surface area contributed by atoms with E-state index in [4.69, 9.17) is 9.84 Å². The number of amides is 2. The fraction of sp³-hybridized carbons (Fsp3) is 0.423. The van der Waals surface area contributed by atoms with Crippen LogP contribution in [-0.4, -0.2) is 66.0 Å². The summed E-state index contributed by atoms with van der Waals surface area (Å²) in [7, 11) is 1.86. The third-order valence-corrected chi connectivity index (χ3v) is 6.92. The first-order valence-corrected chi connectivity index (χ1v) is 12.2. The highest BCUT2D eigenvalue weighted by Crippen LogP contribution is 2.36. The second-order valence-electron chi connectivity index (χ2n) is 9.53. The minimum absolute atomic E-state index is 0.155. The van der Waals surface area contributed by atoms with E-state index in [1.165, 1.54) is 4.90 Å². The van der Waals surface area contributed by atoms with Crippen molar-refractivity contribution in [1.82, 2.24) is 20.0 Å². The fourth-order valence-corrected chi connectivity index (χ4v) is 5.06. The predicted octanol–water partition coefficient (Wildman–Crippen LogP) is 4.10. The van der Waals surface area contributed by atoms with Crippen molar-refractivity contribution < 1.29 is 27.5 Å². The minimum Gasteiger partial charge on any atom is -0.379 e. The van der Waals surface area contributed by atoms with E-state index in [0.717, 1.165) is 47.3 Å². The number of anilines is 2. The summed E-state index contributed by atoms with van der Waals surface area (Å²) in [6.07, 6.45) is -2.54. The van der Waals surface area contributed by atoms with Crippen LogP contribution >= 0.6 is 0 Å². The predicted molar refractivity (Wildman–Crippen MR) is 132 cm³/mol. The molecule has 1 N–H and O–H groups in total. The van der Waals surface area contributed by atoms with Crippen LogP contribution in [0.1, 0.15) is 40.5 Å². The molecule has 2 aliphatic rings. The van der Waals surface area contributed by atoms with Crippen LogP contribution in [0.2, 0.25) is 0 Å². The fourth-order valence-electron chi connectivity index (χ4n) is 5.06. The van der Waals surface area contributed by atoms with Gasteiger partial charge in [0.2, 0.25) is 5.91 Å². The summed E-state index contributed by atoms with van der Waals surface area (Å²) in [5.74, 6) is -1.24. The summed E-state index contributed by atoms with van der Waals surface area (Å²) in [4.78, 5) is 28.4. The third kappa shape index (κ3) is 5.00. The zero-order valence-electron chi connectivity index (χ0n) is 20.6. The van der Waals surface area contributed by atoms with E-state index < -0.39 is 25.2 Å². The number of carbonyl (C=O) groups excluding carboxylic acids is 2. The Morgan fingerprint density at radius 1 is 1.27 bits per heavy atom. The smallest absolute Gasteiger partial charge is 0.379 e. The highest BCUT2D eigenvalue weighted by Gasteiger charge is 2.34. The van der Waals surface area contributed by atoms with Gasteiger partial charge in [-0.25, -0.2) is 0 Å². The number of aryl methyl sites for hydroxylation is 1. The van der Waals surface area contributed by atoms with Crippen molar-refractivity contribution in [2.45, 2.75) is 38.5 Å². The van der Waals surface area contributed by atoms with Gasteiger partial charge in [0, 0.05) is 31.3 Å². The number of hydrogen-bond acceptors (Lipinski definition) is 5. The van der Waals surface area contributed by atoms with Crippen LogP contribution in [0.3, 0.4) is 0 Å². The number of alkyl halides is 3. The Morgan fingerprint density at radius 2 is 2.08 bits per heavy atom. The number of carbonyl (C=O) groups is 2. The maximum atomic E-state index is 13.2. The van der Waals surface area contributed by atoms with Gasteiger partial charge in [-0.05, 0) is 49.6 Å². The van der Waals surface area contributed by atoms with Crippen molar-refractivity contribution in [2.75, 3.05) is 38.3 Å². The van der Waals surface area contributed by atoms with E-state index in [1.54, 1.807) is 6.07 Å². The van der Waals surface area contributed by atoms with Crippen LogP contribution in [0.4, 0.5) is 24.5 Å². The Labute approximate surface area is 212 Å². The quantitative estimate of drug-likeness (QED) is 0.535. The molecule has 37 heavy (non-hydrogen) atoms. The number of fused-ring (bicyclic) bond motifs is 2. The van der Waals surface area contributed by atoms with Crippen LogP contribution in [0, 0.1) is 6.92 Å². The summed E-state index contributed by atoms with van der Waals surface area (Å²) in [5.41, 5.74) is 4.60. The minimum atomic E-state index is -4.51. The van der Waals surface area contributed by atoms with Crippen molar-refractivity contribution in [2.24, 2.45) is 0 Å². The van der Waals surface area contributed by atoms with Crippen molar-refractivity contribution in [3.8, 4) is 0 Å². The Bertz CT molecular complexity index is 1350. The molecule has 1 fully saturated rings. The number of rotatable bonds is 6. The summed E-state index contributed by atoms with van der Waals surface area (Å²) in [5, 5.41) is 7.65. The van der Waals surface area contributed by atoms with Crippen LogP contribution < -0.4 is 10.2 Å². The number of halogens is 3. The number of hydrogen-bond donors (Lipinski definition) is 1. The van der Waals surface area contributed by atoms with Gasteiger partial charge in [0.1, 0.15) is 13.1 Å². The van der Waals surface area contributed by atoms with Crippen LogP contribution in [0.5, 0.6) is 0 Å². The van der Waals surface area contributed by atoms with Crippen molar-refractivity contribution >= 4 is 34.1 Å². The topological polar surface area (TPSA) is 79.7 Å². The average Bonchev–Trinajstić information content (AvgIpc) is 3.38. The molecule has 1 atom stereocenters. The van der Waals surface area contributed by atoms with Crippen LogP contribution in [0.15, 0.2) is 36.4 Å². The Kier molecular flexibility index (Phi) is 6.57. The number of nitrogens with one attached hydrogen (secondary N) is 1. The van der Waals surface area contributed by atoms with E-state index in [9.17, 15) is 22.8 Å². The van der Waals surface area contributed by atoms with Crippen molar-refractivity contribution in [3.05, 3.63) is 53.2 Å². The lowest BCUT2D eigenvalue weighted by molar-refractivity contribution is -0.138. The van der Waals surface area contributed by atoms with Gasteiger partial charge in [0.05, 0.1) is 35.1 Å². The molecule has 0 radical (unpaired) electrons. The monoisotopic (exact) mass is 515 g/mol. The highest BCUT2D eigenvalue weighted by molar-refractivity contribution is 6.05. The third-order valence-electron chi connectivity index (χ3n) is 6.92. The molecular formula is C26H28F3N5O3. The van der Waals surface area contributed by atoms with Crippen molar-refractivity contribution in [3.63, 3.8) is 0 Å². The second kappa shape index (κ2) is 9.70. The van der Waals surface area contributed by atoms with E-state index in [1.807, 2.05) is 59.2 Å². The molecule has 11 heteroatoms. The van der Waals surface area contributed by atoms with Gasteiger partial charge in [-0.15, -0.1) is 0 Å². The average molecular weight is 516 g/mol. The summed E-state index contributed by atoms with van der Waals surface area (Å²) in [6, 6.07) is 11.6. The molecule has 3 aromatic rings. The van der Waals surface area contributed by atoms with Gasteiger partial charge in [0.25, 0.3) is 5.91 Å². The Balaban J connectivity index is 1.41. The van der Waals surface area contributed by atoms with Crippen LogP contribution in [-0.2, 0) is 16.1 Å². The molecule has 5 rings (SSSR count). The number of ether oxygens (including phenoxy) is 1. The highest BCUT2D eigenvalue weighted by atomic mass is 19.4.